The van der Waals surface area contributed by atoms with E-state index < -0.39 is 0 Å². The lowest BCUT2D eigenvalue weighted by Crippen LogP contribution is -2.30. The Labute approximate surface area is 106 Å². The molecule has 0 atom stereocenters. The summed E-state index contributed by atoms with van der Waals surface area (Å²) in [5.41, 5.74) is 1.04. The minimum absolute atomic E-state index is 0.593. The van der Waals surface area contributed by atoms with Crippen LogP contribution in [0.5, 0.6) is 0 Å². The van der Waals surface area contributed by atoms with Gasteiger partial charge in [-0.3, -0.25) is 0 Å². The van der Waals surface area contributed by atoms with E-state index in [1.54, 1.807) is 0 Å². The van der Waals surface area contributed by atoms with E-state index in [1.165, 1.54) is 23.6 Å². The standard InChI is InChI=1S/C14H14N2S/c17-14(15-12-7-8-12)16-13-6-5-10-3-1-2-4-11(10)9-13/h1-6,9,12H,7-8H2,(H2,15,16,17). The molecular weight excluding hydrogens is 228 g/mol. The predicted molar refractivity (Wildman–Crippen MR) is 76.3 cm³/mol. The Morgan fingerprint density at radius 1 is 1.06 bits per heavy atom. The number of anilines is 1. The Morgan fingerprint density at radius 3 is 2.59 bits per heavy atom. The second kappa shape index (κ2) is 4.34. The van der Waals surface area contributed by atoms with Crippen molar-refractivity contribution in [1.82, 2.24) is 5.32 Å². The maximum atomic E-state index is 5.25. The van der Waals surface area contributed by atoms with E-state index >= 15 is 0 Å². The number of benzene rings is 2. The number of hydrogen-bond donors (Lipinski definition) is 2. The van der Waals surface area contributed by atoms with Crippen LogP contribution < -0.4 is 10.6 Å². The molecule has 3 heteroatoms. The Balaban J connectivity index is 1.77. The molecule has 2 aromatic rings. The molecule has 0 heterocycles. The van der Waals surface area contributed by atoms with Gasteiger partial charge in [-0.25, -0.2) is 0 Å². The van der Waals surface area contributed by atoms with E-state index in [4.69, 9.17) is 12.2 Å². The average molecular weight is 242 g/mol. The van der Waals surface area contributed by atoms with E-state index in [9.17, 15) is 0 Å². The van der Waals surface area contributed by atoms with Crippen LogP contribution in [0.15, 0.2) is 42.5 Å². The molecule has 3 rings (SSSR count). The summed E-state index contributed by atoms with van der Waals surface area (Å²) < 4.78 is 0. The van der Waals surface area contributed by atoms with Crippen LogP contribution in [0.25, 0.3) is 10.8 Å². The zero-order valence-corrected chi connectivity index (χ0v) is 10.3. The third-order valence-electron chi connectivity index (χ3n) is 2.92. The maximum absolute atomic E-state index is 5.25. The molecule has 0 bridgehead atoms. The molecule has 2 N–H and O–H groups in total. The van der Waals surface area contributed by atoms with Crippen LogP contribution in [0.4, 0.5) is 5.69 Å². The van der Waals surface area contributed by atoms with Gasteiger partial charge in [0, 0.05) is 11.7 Å². The second-order valence-corrected chi connectivity index (χ2v) is 4.84. The predicted octanol–water partition coefficient (Wildman–Crippen LogP) is 3.29. The third-order valence-corrected chi connectivity index (χ3v) is 3.14. The summed E-state index contributed by atoms with van der Waals surface area (Å²) >= 11 is 5.25. The SMILES string of the molecule is S=C(Nc1ccc2ccccc2c1)NC1CC1. The molecule has 1 fully saturated rings. The summed E-state index contributed by atoms with van der Waals surface area (Å²) in [6.45, 7) is 0. The van der Waals surface area contributed by atoms with Crippen molar-refractivity contribution >= 4 is 33.8 Å². The first-order chi connectivity index (χ1) is 8.31. The number of hydrogen-bond acceptors (Lipinski definition) is 1. The molecular formula is C14H14N2S. The Bertz CT molecular complexity index is 561. The highest BCUT2D eigenvalue weighted by Gasteiger charge is 2.21. The van der Waals surface area contributed by atoms with Crippen molar-refractivity contribution in [3.63, 3.8) is 0 Å². The fourth-order valence-corrected chi connectivity index (χ4v) is 2.13. The van der Waals surface area contributed by atoms with Crippen molar-refractivity contribution in [2.24, 2.45) is 0 Å². The molecule has 0 aliphatic heterocycles. The van der Waals surface area contributed by atoms with Crippen LogP contribution >= 0.6 is 12.2 Å². The van der Waals surface area contributed by atoms with Crippen molar-refractivity contribution in [2.45, 2.75) is 18.9 Å². The summed E-state index contributed by atoms with van der Waals surface area (Å²) in [7, 11) is 0. The maximum Gasteiger partial charge on any atom is 0.170 e. The first kappa shape index (κ1) is 10.5. The van der Waals surface area contributed by atoms with Crippen LogP contribution in [0.2, 0.25) is 0 Å². The highest BCUT2D eigenvalue weighted by Crippen LogP contribution is 2.20. The molecule has 0 spiro atoms. The smallest absolute Gasteiger partial charge is 0.170 e. The first-order valence-electron chi connectivity index (χ1n) is 5.87. The number of fused-ring (bicyclic) bond motifs is 1. The molecule has 2 nitrogen and oxygen atoms in total. The first-order valence-corrected chi connectivity index (χ1v) is 6.28. The van der Waals surface area contributed by atoms with Crippen molar-refractivity contribution in [2.75, 3.05) is 5.32 Å². The monoisotopic (exact) mass is 242 g/mol. The molecule has 86 valence electrons. The summed E-state index contributed by atoms with van der Waals surface area (Å²) in [5, 5.41) is 9.70. The van der Waals surface area contributed by atoms with Gasteiger partial charge < -0.3 is 10.6 Å². The molecule has 0 unspecified atom stereocenters. The number of thiocarbonyl (C=S) groups is 1. The lowest BCUT2D eigenvalue weighted by molar-refractivity contribution is 0.919. The highest BCUT2D eigenvalue weighted by molar-refractivity contribution is 7.80. The van der Waals surface area contributed by atoms with Gasteiger partial charge in [-0.15, -0.1) is 0 Å². The van der Waals surface area contributed by atoms with Crippen LogP contribution in [0.1, 0.15) is 12.8 Å². The third kappa shape index (κ3) is 2.56. The lowest BCUT2D eigenvalue weighted by atomic mass is 10.1. The zero-order valence-electron chi connectivity index (χ0n) is 9.44. The quantitative estimate of drug-likeness (QED) is 0.790. The Morgan fingerprint density at radius 2 is 1.82 bits per heavy atom. The van der Waals surface area contributed by atoms with Gasteiger partial charge >= 0.3 is 0 Å². The van der Waals surface area contributed by atoms with Gasteiger partial charge in [0.25, 0.3) is 0 Å². The van der Waals surface area contributed by atoms with Crippen LogP contribution in [-0.2, 0) is 0 Å². The highest BCUT2D eigenvalue weighted by atomic mass is 32.1. The molecule has 0 amide bonds. The van der Waals surface area contributed by atoms with Gasteiger partial charge in [-0.05, 0) is 48.0 Å². The van der Waals surface area contributed by atoms with Crippen molar-refractivity contribution in [3.8, 4) is 0 Å². The Hall–Kier alpha value is -1.61. The van der Waals surface area contributed by atoms with Gasteiger partial charge in [0.1, 0.15) is 0 Å². The molecule has 1 aliphatic rings. The zero-order chi connectivity index (χ0) is 11.7. The van der Waals surface area contributed by atoms with E-state index in [0.717, 1.165) is 10.8 Å². The summed E-state index contributed by atoms with van der Waals surface area (Å²) in [4.78, 5) is 0. The van der Waals surface area contributed by atoms with Crippen molar-refractivity contribution < 1.29 is 0 Å². The largest absolute Gasteiger partial charge is 0.360 e. The lowest BCUT2D eigenvalue weighted by Gasteiger charge is -2.10. The summed E-state index contributed by atoms with van der Waals surface area (Å²) in [6.07, 6.45) is 2.47. The molecule has 2 aromatic carbocycles. The fourth-order valence-electron chi connectivity index (χ4n) is 1.85. The normalized spacial score (nSPS) is 14.6. The van der Waals surface area contributed by atoms with Gasteiger partial charge in [-0.1, -0.05) is 30.3 Å². The molecule has 0 saturated heterocycles. The minimum Gasteiger partial charge on any atom is -0.360 e. The summed E-state index contributed by atoms with van der Waals surface area (Å²) in [6, 6.07) is 15.2. The van der Waals surface area contributed by atoms with E-state index in [1.807, 2.05) is 6.07 Å². The van der Waals surface area contributed by atoms with Gasteiger partial charge in [0.15, 0.2) is 5.11 Å². The summed E-state index contributed by atoms with van der Waals surface area (Å²) in [5.74, 6) is 0. The van der Waals surface area contributed by atoms with E-state index in [2.05, 4.69) is 47.0 Å². The van der Waals surface area contributed by atoms with Gasteiger partial charge in [-0.2, -0.15) is 0 Å². The molecule has 0 radical (unpaired) electrons. The van der Waals surface area contributed by atoms with Gasteiger partial charge in [0.05, 0.1) is 0 Å². The van der Waals surface area contributed by atoms with E-state index in [-0.39, 0.29) is 0 Å². The van der Waals surface area contributed by atoms with Crippen molar-refractivity contribution in [1.29, 1.82) is 0 Å². The van der Waals surface area contributed by atoms with Crippen LogP contribution in [0, 0.1) is 0 Å². The molecule has 1 aliphatic carbocycles. The Kier molecular flexibility index (Phi) is 2.69. The van der Waals surface area contributed by atoms with Gasteiger partial charge in [0.2, 0.25) is 0 Å². The van der Waals surface area contributed by atoms with Crippen LogP contribution in [-0.4, -0.2) is 11.2 Å². The van der Waals surface area contributed by atoms with E-state index in [0.29, 0.717) is 6.04 Å². The minimum atomic E-state index is 0.593. The molecule has 0 aromatic heterocycles. The number of rotatable bonds is 2. The molecule has 17 heavy (non-hydrogen) atoms. The van der Waals surface area contributed by atoms with Crippen LogP contribution in [0.3, 0.4) is 0 Å². The second-order valence-electron chi connectivity index (χ2n) is 4.43. The van der Waals surface area contributed by atoms with Crippen molar-refractivity contribution in [3.05, 3.63) is 42.5 Å². The topological polar surface area (TPSA) is 24.1 Å². The fraction of sp³-hybridized carbons (Fsp3) is 0.214. The molecule has 1 saturated carbocycles. The average Bonchev–Trinajstić information content (AvgIpc) is 3.12. The number of nitrogens with one attached hydrogen (secondary N) is 2.